The molecule has 5 nitrogen and oxygen atoms in total. The van der Waals surface area contributed by atoms with Crippen LogP contribution in [0.5, 0.6) is 0 Å². The predicted octanol–water partition coefficient (Wildman–Crippen LogP) is 2.99. The van der Waals surface area contributed by atoms with E-state index in [2.05, 4.69) is 38.6 Å². The molecule has 0 amide bonds. The zero-order chi connectivity index (χ0) is 15.4. The van der Waals surface area contributed by atoms with Gasteiger partial charge in [-0.3, -0.25) is 0 Å². The first-order valence-electron chi connectivity index (χ1n) is 7.56. The monoisotopic (exact) mass is 335 g/mol. The van der Waals surface area contributed by atoms with E-state index in [9.17, 15) is 0 Å². The van der Waals surface area contributed by atoms with Crippen molar-refractivity contribution in [2.75, 3.05) is 13.1 Å². The Morgan fingerprint density at radius 3 is 2.95 bits per heavy atom. The minimum Gasteiger partial charge on any atom is -0.317 e. The number of nitrogens with one attached hydrogen (secondary N) is 1. The lowest BCUT2D eigenvalue weighted by Gasteiger charge is -2.22. The van der Waals surface area contributed by atoms with E-state index in [0.717, 1.165) is 54.9 Å². The summed E-state index contributed by atoms with van der Waals surface area (Å²) in [6.45, 7) is 8.84. The number of rotatable bonds is 6. The Bertz CT molecular complexity index is 628. The third-order valence-electron chi connectivity index (χ3n) is 3.94. The molecule has 0 aliphatic carbocycles. The molecule has 1 N–H and O–H groups in total. The van der Waals surface area contributed by atoms with Gasteiger partial charge in [0, 0.05) is 23.1 Å². The van der Waals surface area contributed by atoms with Crippen molar-refractivity contribution in [1.82, 2.24) is 25.1 Å². The largest absolute Gasteiger partial charge is 0.317 e. The van der Waals surface area contributed by atoms with Gasteiger partial charge in [-0.15, -0.1) is 28.1 Å². The lowest BCUT2D eigenvalue weighted by atomic mass is 9.97. The molecule has 0 bridgehead atoms. The van der Waals surface area contributed by atoms with Crippen LogP contribution in [0.15, 0.2) is 23.3 Å². The normalized spacial score (nSPS) is 16.0. The first-order chi connectivity index (χ1) is 10.8. The van der Waals surface area contributed by atoms with Gasteiger partial charge in [-0.05, 0) is 32.9 Å². The van der Waals surface area contributed by atoms with Gasteiger partial charge in [-0.1, -0.05) is 17.8 Å². The molecule has 1 aliphatic rings. The predicted molar refractivity (Wildman–Crippen MR) is 91.5 cm³/mol. The second-order valence-electron chi connectivity index (χ2n) is 5.41. The topological polar surface area (TPSA) is 55.6 Å². The molecule has 3 heterocycles. The van der Waals surface area contributed by atoms with Crippen LogP contribution in [0.4, 0.5) is 0 Å². The van der Waals surface area contributed by atoms with Gasteiger partial charge in [0.05, 0.1) is 11.2 Å². The number of hydrogen-bond donors (Lipinski definition) is 1. The molecule has 1 fully saturated rings. The number of nitrogens with zero attached hydrogens (tertiary/aromatic N) is 4. The minimum absolute atomic E-state index is 0.508. The highest BCUT2D eigenvalue weighted by molar-refractivity contribution is 7.98. The van der Waals surface area contributed by atoms with Crippen molar-refractivity contribution in [2.45, 2.75) is 43.1 Å². The van der Waals surface area contributed by atoms with Crippen LogP contribution in [0.1, 0.15) is 35.2 Å². The average molecular weight is 336 g/mol. The quantitative estimate of drug-likeness (QED) is 0.650. The van der Waals surface area contributed by atoms with Crippen molar-refractivity contribution in [1.29, 1.82) is 0 Å². The Balaban J connectivity index is 1.77. The summed E-state index contributed by atoms with van der Waals surface area (Å²) >= 11 is 3.45. The molecule has 0 unspecified atom stereocenters. The molecule has 118 valence electrons. The Morgan fingerprint density at radius 2 is 2.27 bits per heavy atom. The van der Waals surface area contributed by atoms with Gasteiger partial charge < -0.3 is 9.88 Å². The van der Waals surface area contributed by atoms with E-state index in [0.29, 0.717) is 5.92 Å². The average Bonchev–Trinajstić information content (AvgIpc) is 3.13. The number of aryl methyl sites for hydroxylation is 1. The third kappa shape index (κ3) is 3.42. The summed E-state index contributed by atoms with van der Waals surface area (Å²) in [4.78, 5) is 5.61. The number of allylic oxidation sites excluding steroid dienone is 1. The van der Waals surface area contributed by atoms with Crippen LogP contribution < -0.4 is 5.32 Å². The number of hydrogen-bond acceptors (Lipinski definition) is 6. The summed E-state index contributed by atoms with van der Waals surface area (Å²) in [5.41, 5.74) is 3.02. The Hall–Kier alpha value is -1.18. The highest BCUT2D eigenvalue weighted by Gasteiger charge is 2.23. The molecular weight excluding hydrogens is 314 g/mol. The molecule has 1 aliphatic heterocycles. The summed E-state index contributed by atoms with van der Waals surface area (Å²) in [5, 5.41) is 13.3. The smallest absolute Gasteiger partial charge is 0.191 e. The molecule has 0 atom stereocenters. The highest BCUT2D eigenvalue weighted by atomic mass is 32.2. The highest BCUT2D eigenvalue weighted by Crippen LogP contribution is 2.30. The number of piperidine rings is 1. The molecule has 3 rings (SSSR count). The Labute approximate surface area is 139 Å². The lowest BCUT2D eigenvalue weighted by Crippen LogP contribution is -2.28. The van der Waals surface area contributed by atoms with Crippen molar-refractivity contribution in [3.05, 3.63) is 34.6 Å². The number of thioether (sulfide) groups is 1. The first-order valence-corrected chi connectivity index (χ1v) is 9.42. The van der Waals surface area contributed by atoms with E-state index in [1.807, 2.05) is 11.6 Å². The molecule has 7 heteroatoms. The van der Waals surface area contributed by atoms with Crippen molar-refractivity contribution in [2.24, 2.45) is 0 Å². The summed E-state index contributed by atoms with van der Waals surface area (Å²) in [6.07, 6.45) is 4.19. The summed E-state index contributed by atoms with van der Waals surface area (Å²) in [5.74, 6) is 2.52. The van der Waals surface area contributed by atoms with E-state index in [-0.39, 0.29) is 0 Å². The molecule has 2 aromatic rings. The van der Waals surface area contributed by atoms with Crippen LogP contribution in [0.2, 0.25) is 0 Å². The van der Waals surface area contributed by atoms with E-state index < -0.39 is 0 Å². The number of aromatic nitrogens is 4. The van der Waals surface area contributed by atoms with Gasteiger partial charge in [-0.2, -0.15) is 0 Å². The Kier molecular flexibility index (Phi) is 5.28. The SMILES string of the molecule is C=CCn1c(SCc2scnc2C)nnc1C1CCNCC1. The van der Waals surface area contributed by atoms with Crippen molar-refractivity contribution < 1.29 is 0 Å². The molecule has 0 saturated carbocycles. The van der Waals surface area contributed by atoms with Gasteiger partial charge in [0.15, 0.2) is 5.16 Å². The molecule has 0 spiro atoms. The van der Waals surface area contributed by atoms with E-state index in [1.165, 1.54) is 4.88 Å². The molecule has 0 aromatic carbocycles. The van der Waals surface area contributed by atoms with Gasteiger partial charge >= 0.3 is 0 Å². The Morgan fingerprint density at radius 1 is 1.45 bits per heavy atom. The summed E-state index contributed by atoms with van der Waals surface area (Å²) < 4.78 is 2.23. The zero-order valence-electron chi connectivity index (χ0n) is 12.8. The van der Waals surface area contributed by atoms with Crippen molar-refractivity contribution >= 4 is 23.1 Å². The van der Waals surface area contributed by atoms with E-state index >= 15 is 0 Å². The van der Waals surface area contributed by atoms with E-state index in [1.54, 1.807) is 23.1 Å². The van der Waals surface area contributed by atoms with Crippen molar-refractivity contribution in [3.63, 3.8) is 0 Å². The van der Waals surface area contributed by atoms with Crippen LogP contribution in [-0.4, -0.2) is 32.8 Å². The second-order valence-corrected chi connectivity index (χ2v) is 7.30. The maximum Gasteiger partial charge on any atom is 0.191 e. The van der Waals surface area contributed by atoms with Crippen molar-refractivity contribution in [3.8, 4) is 0 Å². The third-order valence-corrected chi connectivity index (χ3v) is 6.05. The van der Waals surface area contributed by atoms with Crippen LogP contribution >= 0.6 is 23.1 Å². The maximum atomic E-state index is 4.49. The van der Waals surface area contributed by atoms with Crippen LogP contribution in [0.25, 0.3) is 0 Å². The molecule has 1 saturated heterocycles. The van der Waals surface area contributed by atoms with Gasteiger partial charge in [-0.25, -0.2) is 4.98 Å². The fourth-order valence-electron chi connectivity index (χ4n) is 2.68. The maximum absolute atomic E-state index is 4.49. The number of thiazole rings is 1. The second kappa shape index (κ2) is 7.39. The van der Waals surface area contributed by atoms with E-state index in [4.69, 9.17) is 0 Å². The van der Waals surface area contributed by atoms with Gasteiger partial charge in [0.1, 0.15) is 5.82 Å². The fraction of sp³-hybridized carbons (Fsp3) is 0.533. The molecule has 22 heavy (non-hydrogen) atoms. The molecule has 0 radical (unpaired) electrons. The molecule has 2 aromatic heterocycles. The summed E-state index contributed by atoms with van der Waals surface area (Å²) in [7, 11) is 0. The standard InChI is InChI=1S/C15H21N5S2/c1-3-8-20-14(12-4-6-16-7-5-12)18-19-15(20)21-9-13-11(2)17-10-22-13/h3,10,12,16H,1,4-9H2,2H3. The van der Waals surface area contributed by atoms with Crippen LogP contribution in [0.3, 0.4) is 0 Å². The molecular formula is C15H21N5S2. The van der Waals surface area contributed by atoms with Gasteiger partial charge in [0.2, 0.25) is 0 Å². The lowest BCUT2D eigenvalue weighted by molar-refractivity contribution is 0.431. The fourth-order valence-corrected chi connectivity index (χ4v) is 4.59. The summed E-state index contributed by atoms with van der Waals surface area (Å²) in [6, 6.07) is 0. The van der Waals surface area contributed by atoms with Gasteiger partial charge in [0.25, 0.3) is 0 Å². The van der Waals surface area contributed by atoms with Crippen LogP contribution in [-0.2, 0) is 12.3 Å². The first kappa shape index (κ1) is 15.7. The van der Waals surface area contributed by atoms with Crippen LogP contribution in [0, 0.1) is 6.92 Å². The minimum atomic E-state index is 0.508. The zero-order valence-corrected chi connectivity index (χ0v) is 14.4.